The smallest absolute Gasteiger partial charge is 0.195 e. The van der Waals surface area contributed by atoms with Crippen molar-refractivity contribution >= 4 is 12.2 Å². The molecule has 3 rings (SSSR count). The number of aromatic amines is 1. The molecule has 0 atom stereocenters. The first kappa shape index (κ1) is 13.5. The molecule has 20 heavy (non-hydrogen) atoms. The number of hydrogen-bond acceptors (Lipinski definition) is 3. The average Bonchev–Trinajstić information content (AvgIpc) is 2.81. The summed E-state index contributed by atoms with van der Waals surface area (Å²) in [6, 6.07) is 3.96. The molecular weight excluding hydrogens is 268 g/mol. The Bertz CT molecular complexity index is 623. The predicted molar refractivity (Wildman–Crippen MR) is 81.8 cm³/mol. The first-order chi connectivity index (χ1) is 9.68. The maximum atomic E-state index is 5.42. The summed E-state index contributed by atoms with van der Waals surface area (Å²) in [7, 11) is 0. The summed E-state index contributed by atoms with van der Waals surface area (Å²) >= 11 is 5.42. The van der Waals surface area contributed by atoms with Crippen LogP contribution in [0.5, 0.6) is 0 Å². The predicted octanol–water partition coefficient (Wildman–Crippen LogP) is 3.97. The first-order valence-corrected chi connectivity index (χ1v) is 7.64. The van der Waals surface area contributed by atoms with Crippen molar-refractivity contribution in [1.82, 2.24) is 19.7 Å². The third-order valence-corrected chi connectivity index (χ3v) is 4.59. The molecule has 0 radical (unpaired) electrons. The Kier molecular flexibility index (Phi) is 3.70. The zero-order valence-corrected chi connectivity index (χ0v) is 12.6. The fourth-order valence-electron chi connectivity index (χ4n) is 3.12. The highest BCUT2D eigenvalue weighted by Gasteiger charge is 2.28. The van der Waals surface area contributed by atoms with E-state index < -0.39 is 0 Å². The second-order valence-corrected chi connectivity index (χ2v) is 6.44. The zero-order valence-electron chi connectivity index (χ0n) is 11.8. The van der Waals surface area contributed by atoms with Gasteiger partial charge in [0, 0.05) is 24.5 Å². The summed E-state index contributed by atoms with van der Waals surface area (Å²) in [4.78, 5) is 4.17. The summed E-state index contributed by atoms with van der Waals surface area (Å²) in [6.07, 6.45) is 10.2. The van der Waals surface area contributed by atoms with Crippen molar-refractivity contribution in [3.05, 3.63) is 29.3 Å². The summed E-state index contributed by atoms with van der Waals surface area (Å²) in [6.45, 7) is 3.31. The minimum Gasteiger partial charge on any atom is -0.300 e. The molecular formula is C15H20N4S. The number of nitrogens with one attached hydrogen (secondary N) is 1. The van der Waals surface area contributed by atoms with Gasteiger partial charge in [0.2, 0.25) is 0 Å². The lowest BCUT2D eigenvalue weighted by Gasteiger charge is -2.34. The highest BCUT2D eigenvalue weighted by molar-refractivity contribution is 7.71. The Morgan fingerprint density at radius 1 is 1.35 bits per heavy atom. The van der Waals surface area contributed by atoms with Crippen molar-refractivity contribution in [3.63, 3.8) is 0 Å². The van der Waals surface area contributed by atoms with Crippen molar-refractivity contribution in [3.8, 4) is 11.4 Å². The van der Waals surface area contributed by atoms with Crippen LogP contribution in [0.3, 0.4) is 0 Å². The van der Waals surface area contributed by atoms with Crippen LogP contribution >= 0.6 is 12.2 Å². The van der Waals surface area contributed by atoms with E-state index in [0.29, 0.717) is 10.2 Å². The zero-order chi connectivity index (χ0) is 14.0. The van der Waals surface area contributed by atoms with E-state index in [9.17, 15) is 0 Å². The maximum absolute atomic E-state index is 5.42. The number of rotatable bonds is 3. The van der Waals surface area contributed by atoms with Crippen LogP contribution in [0.4, 0.5) is 0 Å². The molecule has 1 aliphatic carbocycles. The van der Waals surface area contributed by atoms with Crippen molar-refractivity contribution in [1.29, 1.82) is 0 Å². The van der Waals surface area contributed by atoms with Crippen molar-refractivity contribution < 1.29 is 0 Å². The van der Waals surface area contributed by atoms with E-state index in [4.69, 9.17) is 12.2 Å². The van der Waals surface area contributed by atoms with Crippen LogP contribution in [0.2, 0.25) is 0 Å². The van der Waals surface area contributed by atoms with E-state index in [1.54, 1.807) is 6.20 Å². The summed E-state index contributed by atoms with van der Waals surface area (Å²) in [5.41, 5.74) is 1.34. The molecule has 0 amide bonds. The van der Waals surface area contributed by atoms with Gasteiger partial charge >= 0.3 is 0 Å². The van der Waals surface area contributed by atoms with E-state index in [1.165, 1.54) is 32.1 Å². The quantitative estimate of drug-likeness (QED) is 0.869. The van der Waals surface area contributed by atoms with E-state index in [0.717, 1.165) is 17.9 Å². The molecule has 5 heteroatoms. The van der Waals surface area contributed by atoms with Gasteiger partial charge in [-0.05, 0) is 42.6 Å². The minimum atomic E-state index is 0.331. The van der Waals surface area contributed by atoms with Gasteiger partial charge in [0.05, 0.1) is 0 Å². The Labute approximate surface area is 124 Å². The van der Waals surface area contributed by atoms with Crippen LogP contribution < -0.4 is 0 Å². The lowest BCUT2D eigenvalue weighted by atomic mass is 9.75. The Morgan fingerprint density at radius 3 is 2.85 bits per heavy atom. The van der Waals surface area contributed by atoms with Crippen LogP contribution in [0.25, 0.3) is 11.4 Å². The van der Waals surface area contributed by atoms with Crippen molar-refractivity contribution in [2.45, 2.75) is 45.6 Å². The summed E-state index contributed by atoms with van der Waals surface area (Å²) in [5, 5.41) is 7.32. The first-order valence-electron chi connectivity index (χ1n) is 7.24. The van der Waals surface area contributed by atoms with Crippen LogP contribution in [-0.2, 0) is 6.54 Å². The van der Waals surface area contributed by atoms with Gasteiger partial charge in [0.1, 0.15) is 0 Å². The van der Waals surface area contributed by atoms with E-state index in [2.05, 4.69) is 26.7 Å². The SMILES string of the molecule is CC1(Cn2c(-c3cccnc3)n[nH]c2=S)CCCCC1. The maximum Gasteiger partial charge on any atom is 0.195 e. The summed E-state index contributed by atoms with van der Waals surface area (Å²) < 4.78 is 2.84. The molecule has 0 aliphatic heterocycles. The molecule has 106 valence electrons. The molecule has 4 nitrogen and oxygen atoms in total. The largest absolute Gasteiger partial charge is 0.300 e. The highest BCUT2D eigenvalue weighted by atomic mass is 32.1. The molecule has 1 fully saturated rings. The van der Waals surface area contributed by atoms with E-state index in [1.807, 2.05) is 18.3 Å². The molecule has 1 saturated carbocycles. The third kappa shape index (κ3) is 2.68. The van der Waals surface area contributed by atoms with Gasteiger partial charge in [0.15, 0.2) is 10.6 Å². The topological polar surface area (TPSA) is 46.5 Å². The lowest BCUT2D eigenvalue weighted by molar-refractivity contribution is 0.183. The molecule has 0 unspecified atom stereocenters. The third-order valence-electron chi connectivity index (χ3n) is 4.28. The van der Waals surface area contributed by atoms with Gasteiger partial charge in [-0.15, -0.1) is 0 Å². The Hall–Kier alpha value is -1.49. The van der Waals surface area contributed by atoms with Crippen LogP contribution in [-0.4, -0.2) is 19.7 Å². The highest BCUT2D eigenvalue weighted by Crippen LogP contribution is 2.38. The molecule has 2 aromatic rings. The molecule has 0 spiro atoms. The number of pyridine rings is 1. The average molecular weight is 288 g/mol. The molecule has 1 N–H and O–H groups in total. The number of aromatic nitrogens is 4. The van der Waals surface area contributed by atoms with Gasteiger partial charge in [-0.3, -0.25) is 14.6 Å². The normalized spacial score (nSPS) is 18.1. The van der Waals surface area contributed by atoms with E-state index >= 15 is 0 Å². The lowest BCUT2D eigenvalue weighted by Crippen LogP contribution is -2.26. The number of H-pyrrole nitrogens is 1. The van der Waals surface area contributed by atoms with Crippen LogP contribution in [0.1, 0.15) is 39.0 Å². The minimum absolute atomic E-state index is 0.331. The van der Waals surface area contributed by atoms with Crippen LogP contribution in [0, 0.1) is 10.2 Å². The fourth-order valence-corrected chi connectivity index (χ4v) is 3.32. The van der Waals surface area contributed by atoms with Gasteiger partial charge in [-0.2, -0.15) is 5.10 Å². The monoisotopic (exact) mass is 288 g/mol. The molecule has 0 saturated heterocycles. The Balaban J connectivity index is 1.94. The fraction of sp³-hybridized carbons (Fsp3) is 0.533. The van der Waals surface area contributed by atoms with Crippen molar-refractivity contribution in [2.75, 3.05) is 0 Å². The van der Waals surface area contributed by atoms with Gasteiger partial charge in [-0.25, -0.2) is 0 Å². The summed E-state index contributed by atoms with van der Waals surface area (Å²) in [5.74, 6) is 0.898. The second-order valence-electron chi connectivity index (χ2n) is 6.05. The molecule has 1 aliphatic rings. The number of nitrogens with zero attached hydrogens (tertiary/aromatic N) is 3. The van der Waals surface area contributed by atoms with Crippen molar-refractivity contribution in [2.24, 2.45) is 5.41 Å². The molecule has 2 aromatic heterocycles. The molecule has 0 bridgehead atoms. The standard InChI is InChI=1S/C15H20N4S/c1-15(7-3-2-4-8-15)11-19-13(17-18-14(19)20)12-6-5-9-16-10-12/h5-6,9-10H,2-4,7-8,11H2,1H3,(H,18,20). The van der Waals surface area contributed by atoms with E-state index in [-0.39, 0.29) is 0 Å². The Morgan fingerprint density at radius 2 is 2.15 bits per heavy atom. The number of hydrogen-bond donors (Lipinski definition) is 1. The van der Waals surface area contributed by atoms with Gasteiger partial charge < -0.3 is 0 Å². The van der Waals surface area contributed by atoms with Gasteiger partial charge in [-0.1, -0.05) is 26.2 Å². The van der Waals surface area contributed by atoms with Crippen LogP contribution in [0.15, 0.2) is 24.5 Å². The molecule has 2 heterocycles. The molecule has 0 aromatic carbocycles. The second kappa shape index (κ2) is 5.48. The van der Waals surface area contributed by atoms with Gasteiger partial charge in [0.25, 0.3) is 0 Å².